The molecule has 1 N–H and O–H groups in total. The molecule has 1 saturated heterocycles. The number of likely N-dealkylation sites (tertiary alicyclic amines) is 1. The van der Waals surface area contributed by atoms with E-state index in [2.05, 4.69) is 4.98 Å². The number of aromatic nitrogens is 2. The van der Waals surface area contributed by atoms with E-state index in [0.29, 0.717) is 42.7 Å². The molecule has 0 radical (unpaired) electrons. The topological polar surface area (TPSA) is 76.6 Å². The molecule has 7 heteroatoms. The molecule has 150 valence electrons. The van der Waals surface area contributed by atoms with Gasteiger partial charge in [0.15, 0.2) is 0 Å². The molecule has 2 aromatic heterocycles. The molecule has 1 fully saturated rings. The Labute approximate surface area is 167 Å². The Bertz CT molecular complexity index is 1120. The van der Waals surface area contributed by atoms with Crippen LogP contribution in [0.15, 0.2) is 41.2 Å². The third kappa shape index (κ3) is 2.80. The van der Waals surface area contributed by atoms with Crippen LogP contribution in [-0.4, -0.2) is 47.7 Å². The minimum absolute atomic E-state index is 0.0354. The number of methoxy groups -OCH3 is 2. The van der Waals surface area contributed by atoms with Crippen molar-refractivity contribution in [3.63, 3.8) is 0 Å². The monoisotopic (exact) mass is 393 g/mol. The molecular weight excluding hydrogens is 370 g/mol. The van der Waals surface area contributed by atoms with E-state index >= 15 is 0 Å². The van der Waals surface area contributed by atoms with E-state index in [0.717, 1.165) is 23.0 Å². The molecule has 0 spiro atoms. The number of carbonyl (C=O) groups is 1. The number of ether oxygens (including phenoxy) is 2. The molecule has 0 unspecified atom stereocenters. The highest BCUT2D eigenvalue weighted by molar-refractivity contribution is 6.01. The average Bonchev–Trinajstić information content (AvgIpc) is 3.18. The molecule has 5 rings (SSSR count). The number of nitrogens with zero attached hydrogens (tertiary/aromatic N) is 2. The first-order valence-electron chi connectivity index (χ1n) is 9.81. The lowest BCUT2D eigenvalue weighted by Gasteiger charge is -2.42. The SMILES string of the molecule is COc1ccc(OC)c2[nH]c(C(=O)N3C[C@@H]4C[C@H](C3)c3cccc(=O)n3C4)cc12. The second kappa shape index (κ2) is 6.69. The van der Waals surface area contributed by atoms with Crippen LogP contribution in [-0.2, 0) is 6.54 Å². The van der Waals surface area contributed by atoms with Crippen molar-refractivity contribution in [2.45, 2.75) is 18.9 Å². The van der Waals surface area contributed by atoms with Gasteiger partial charge in [-0.1, -0.05) is 6.07 Å². The minimum atomic E-state index is -0.0354. The number of pyridine rings is 1. The van der Waals surface area contributed by atoms with E-state index in [1.807, 2.05) is 39.8 Å². The van der Waals surface area contributed by atoms with E-state index in [4.69, 9.17) is 9.47 Å². The number of aromatic amines is 1. The van der Waals surface area contributed by atoms with Gasteiger partial charge in [0.05, 0.1) is 19.7 Å². The van der Waals surface area contributed by atoms with E-state index < -0.39 is 0 Å². The summed E-state index contributed by atoms with van der Waals surface area (Å²) in [5.41, 5.74) is 2.36. The van der Waals surface area contributed by atoms with Gasteiger partial charge in [0.1, 0.15) is 17.2 Å². The largest absolute Gasteiger partial charge is 0.496 e. The summed E-state index contributed by atoms with van der Waals surface area (Å²) in [6.45, 7) is 1.94. The molecule has 1 amide bonds. The molecule has 3 aromatic rings. The Morgan fingerprint density at radius 3 is 2.66 bits per heavy atom. The van der Waals surface area contributed by atoms with Crippen LogP contribution in [0.4, 0.5) is 0 Å². The number of fused-ring (bicyclic) bond motifs is 5. The number of nitrogens with one attached hydrogen (secondary N) is 1. The predicted molar refractivity (Wildman–Crippen MR) is 109 cm³/mol. The Balaban J connectivity index is 1.48. The molecule has 29 heavy (non-hydrogen) atoms. The Kier molecular flexibility index (Phi) is 4.12. The first kappa shape index (κ1) is 17.8. The van der Waals surface area contributed by atoms with Crippen molar-refractivity contribution in [1.82, 2.24) is 14.5 Å². The summed E-state index contributed by atoms with van der Waals surface area (Å²) < 4.78 is 12.8. The maximum absolute atomic E-state index is 13.3. The van der Waals surface area contributed by atoms with Crippen molar-refractivity contribution < 1.29 is 14.3 Å². The fraction of sp³-hybridized carbons (Fsp3) is 0.364. The maximum Gasteiger partial charge on any atom is 0.270 e. The fourth-order valence-electron chi connectivity index (χ4n) is 4.86. The van der Waals surface area contributed by atoms with Gasteiger partial charge in [0.25, 0.3) is 11.5 Å². The van der Waals surface area contributed by atoms with Crippen LogP contribution >= 0.6 is 0 Å². The Morgan fingerprint density at radius 2 is 1.86 bits per heavy atom. The van der Waals surface area contributed by atoms with Gasteiger partial charge in [-0.2, -0.15) is 0 Å². The highest BCUT2D eigenvalue weighted by Crippen LogP contribution is 2.37. The summed E-state index contributed by atoms with van der Waals surface area (Å²) in [6, 6.07) is 10.9. The van der Waals surface area contributed by atoms with Gasteiger partial charge in [-0.25, -0.2) is 0 Å². The highest BCUT2D eigenvalue weighted by Gasteiger charge is 2.36. The second-order valence-electron chi connectivity index (χ2n) is 7.85. The van der Waals surface area contributed by atoms with Gasteiger partial charge in [-0.05, 0) is 36.6 Å². The van der Waals surface area contributed by atoms with Crippen LogP contribution in [0.3, 0.4) is 0 Å². The fourth-order valence-corrected chi connectivity index (χ4v) is 4.86. The number of piperidine rings is 1. The second-order valence-corrected chi connectivity index (χ2v) is 7.85. The van der Waals surface area contributed by atoms with Gasteiger partial charge in [-0.3, -0.25) is 9.59 Å². The third-order valence-corrected chi connectivity index (χ3v) is 6.15. The quantitative estimate of drug-likeness (QED) is 0.742. The number of carbonyl (C=O) groups excluding carboxylic acids is 1. The molecule has 2 aliphatic rings. The highest BCUT2D eigenvalue weighted by atomic mass is 16.5. The molecule has 0 aliphatic carbocycles. The average molecular weight is 393 g/mol. The van der Waals surface area contributed by atoms with Crippen LogP contribution in [0.2, 0.25) is 0 Å². The number of hydrogen-bond acceptors (Lipinski definition) is 4. The molecule has 1 aromatic carbocycles. The summed E-state index contributed by atoms with van der Waals surface area (Å²) >= 11 is 0. The lowest BCUT2D eigenvalue weighted by atomic mass is 9.83. The smallest absolute Gasteiger partial charge is 0.270 e. The van der Waals surface area contributed by atoms with Crippen molar-refractivity contribution >= 4 is 16.8 Å². The number of amides is 1. The van der Waals surface area contributed by atoms with Crippen molar-refractivity contribution in [3.05, 3.63) is 58.1 Å². The van der Waals surface area contributed by atoms with Gasteiger partial charge in [-0.15, -0.1) is 0 Å². The van der Waals surface area contributed by atoms with Crippen molar-refractivity contribution in [3.8, 4) is 11.5 Å². The van der Waals surface area contributed by atoms with Gasteiger partial charge in [0.2, 0.25) is 0 Å². The third-order valence-electron chi connectivity index (χ3n) is 6.15. The zero-order chi connectivity index (χ0) is 20.1. The lowest BCUT2D eigenvalue weighted by Crippen LogP contribution is -2.49. The summed E-state index contributed by atoms with van der Waals surface area (Å²) in [4.78, 5) is 30.7. The first-order chi connectivity index (χ1) is 14.1. The van der Waals surface area contributed by atoms with Gasteiger partial charge in [0, 0.05) is 42.7 Å². The Hall–Kier alpha value is -3.22. The molecule has 2 atom stereocenters. The Morgan fingerprint density at radius 1 is 1.07 bits per heavy atom. The van der Waals surface area contributed by atoms with Crippen LogP contribution in [0.5, 0.6) is 11.5 Å². The lowest BCUT2D eigenvalue weighted by molar-refractivity contribution is 0.0589. The zero-order valence-corrected chi connectivity index (χ0v) is 16.5. The number of H-pyrrole nitrogens is 1. The van der Waals surface area contributed by atoms with E-state index in [1.54, 1.807) is 20.3 Å². The van der Waals surface area contributed by atoms with E-state index in [1.165, 1.54) is 0 Å². The van der Waals surface area contributed by atoms with Crippen molar-refractivity contribution in [2.24, 2.45) is 5.92 Å². The van der Waals surface area contributed by atoms with Crippen LogP contribution in [0.1, 0.15) is 28.5 Å². The van der Waals surface area contributed by atoms with Gasteiger partial charge < -0.3 is 23.9 Å². The number of benzene rings is 1. The van der Waals surface area contributed by atoms with Crippen LogP contribution in [0.25, 0.3) is 10.9 Å². The van der Waals surface area contributed by atoms with E-state index in [9.17, 15) is 9.59 Å². The predicted octanol–water partition coefficient (Wildman–Crippen LogP) is 2.61. The summed E-state index contributed by atoms with van der Waals surface area (Å²) in [5, 5.41) is 0.823. The molecule has 0 saturated carbocycles. The number of hydrogen-bond donors (Lipinski definition) is 1. The molecule has 2 aliphatic heterocycles. The van der Waals surface area contributed by atoms with Crippen molar-refractivity contribution in [2.75, 3.05) is 27.3 Å². The molecule has 7 nitrogen and oxygen atoms in total. The number of rotatable bonds is 3. The van der Waals surface area contributed by atoms with Crippen LogP contribution < -0.4 is 15.0 Å². The summed E-state index contributed by atoms with van der Waals surface area (Å²) in [6.07, 6.45) is 1.02. The van der Waals surface area contributed by atoms with E-state index in [-0.39, 0.29) is 17.4 Å². The van der Waals surface area contributed by atoms with Crippen LogP contribution in [0, 0.1) is 5.92 Å². The van der Waals surface area contributed by atoms with Gasteiger partial charge >= 0.3 is 0 Å². The summed E-state index contributed by atoms with van der Waals surface area (Å²) in [7, 11) is 3.22. The molecular formula is C22H23N3O4. The standard InChI is InChI=1S/C22H23N3O4/c1-28-18-6-7-19(29-2)21-15(18)9-16(23-21)22(27)24-10-13-8-14(12-24)17-4-3-5-20(26)25(17)11-13/h3-7,9,13-14,23H,8,10-12H2,1-2H3/t13-,14+/m0/s1. The minimum Gasteiger partial charge on any atom is -0.496 e. The zero-order valence-electron chi connectivity index (χ0n) is 16.5. The first-order valence-corrected chi connectivity index (χ1v) is 9.81. The normalized spacial score (nSPS) is 20.4. The summed E-state index contributed by atoms with van der Waals surface area (Å²) in [5.74, 6) is 1.81. The molecule has 4 heterocycles. The van der Waals surface area contributed by atoms with Crippen molar-refractivity contribution in [1.29, 1.82) is 0 Å². The maximum atomic E-state index is 13.3. The molecule has 2 bridgehead atoms.